The van der Waals surface area contributed by atoms with Gasteiger partial charge in [0.25, 0.3) is 0 Å². The zero-order valence-corrected chi connectivity index (χ0v) is 12.0. The molecule has 0 spiro atoms. The Bertz CT molecular complexity index is 775. The summed E-state index contributed by atoms with van der Waals surface area (Å²) in [5.74, 6) is -1.76. The summed E-state index contributed by atoms with van der Waals surface area (Å²) >= 11 is 0. The molecule has 1 aromatic rings. The average molecular weight is 335 g/mol. The Morgan fingerprint density at radius 2 is 1.88 bits per heavy atom. The van der Waals surface area contributed by atoms with Gasteiger partial charge in [-0.25, -0.2) is 4.79 Å². The number of hydrogen-bond donors (Lipinski definition) is 3. The number of carbonyl (C=O) groups is 1. The number of hydrazone groups is 1. The maximum atomic E-state index is 11.5. The molecule has 13 heteroatoms. The third-order valence-electron chi connectivity index (χ3n) is 2.55. The monoisotopic (exact) mass is 335 g/mol. The van der Waals surface area contributed by atoms with E-state index in [0.717, 1.165) is 19.2 Å². The summed E-state index contributed by atoms with van der Waals surface area (Å²) in [6, 6.07) is 2.93. The number of nitrogens with one attached hydrogen (secondary N) is 2. The number of anilines is 1. The minimum absolute atomic E-state index is 0.419. The fourth-order valence-electron chi connectivity index (χ4n) is 1.51. The molecule has 0 saturated heterocycles. The lowest BCUT2D eigenvalue weighted by molar-refractivity contribution is -0.392. The predicted octanol–water partition coefficient (Wildman–Crippen LogP) is 0.517. The van der Waals surface area contributed by atoms with Crippen LogP contribution in [0.15, 0.2) is 17.2 Å². The van der Waals surface area contributed by atoms with Crippen molar-refractivity contribution in [3.05, 3.63) is 37.9 Å². The van der Waals surface area contributed by atoms with E-state index < -0.39 is 50.0 Å². The molecule has 0 aliphatic carbocycles. The first kappa shape index (κ1) is 18.0. The second kappa shape index (κ2) is 7.26. The van der Waals surface area contributed by atoms with Crippen LogP contribution in [-0.4, -0.2) is 34.5 Å². The van der Waals surface area contributed by atoms with Gasteiger partial charge in [0.2, 0.25) is 11.4 Å². The van der Waals surface area contributed by atoms with Gasteiger partial charge in [0.1, 0.15) is 6.07 Å². The summed E-state index contributed by atoms with van der Waals surface area (Å²) in [5.41, 5.74) is 3.56. The molecule has 0 atom stereocenters. The molecule has 24 heavy (non-hydrogen) atoms. The van der Waals surface area contributed by atoms with Crippen LogP contribution in [0.1, 0.15) is 10.4 Å². The van der Waals surface area contributed by atoms with Crippen molar-refractivity contribution in [1.29, 1.82) is 10.7 Å². The van der Waals surface area contributed by atoms with Gasteiger partial charge >= 0.3 is 17.3 Å². The van der Waals surface area contributed by atoms with Gasteiger partial charge < -0.3 is 10.5 Å². The molecule has 13 nitrogen and oxygen atoms in total. The highest BCUT2D eigenvalue weighted by atomic mass is 16.6. The van der Waals surface area contributed by atoms with Crippen molar-refractivity contribution in [2.24, 2.45) is 10.8 Å². The minimum Gasteiger partial charge on any atom is -0.465 e. The van der Waals surface area contributed by atoms with Crippen LogP contribution < -0.4 is 11.2 Å². The fourth-order valence-corrected chi connectivity index (χ4v) is 1.51. The van der Waals surface area contributed by atoms with E-state index in [1.54, 1.807) is 0 Å². The van der Waals surface area contributed by atoms with Gasteiger partial charge in [-0.15, -0.1) is 0 Å². The van der Waals surface area contributed by atoms with E-state index in [-0.39, 0.29) is 0 Å². The summed E-state index contributed by atoms with van der Waals surface area (Å²) in [6.07, 6.45) is 0. The zero-order chi connectivity index (χ0) is 18.4. The summed E-state index contributed by atoms with van der Waals surface area (Å²) in [4.78, 5) is 31.7. The highest BCUT2D eigenvalue weighted by Crippen LogP contribution is 2.36. The Morgan fingerprint density at radius 1 is 1.38 bits per heavy atom. The summed E-state index contributed by atoms with van der Waals surface area (Å²) in [5, 5.41) is 41.3. The van der Waals surface area contributed by atoms with Crippen molar-refractivity contribution in [2.75, 3.05) is 12.5 Å². The molecule has 0 unspecified atom stereocenters. The molecular formula is C11H9N7O6. The zero-order valence-electron chi connectivity index (χ0n) is 12.0. The highest BCUT2D eigenvalue weighted by molar-refractivity contribution is 6.45. The lowest BCUT2D eigenvalue weighted by Crippen LogP contribution is -2.22. The van der Waals surface area contributed by atoms with Crippen LogP contribution in [0.25, 0.3) is 0 Å². The summed E-state index contributed by atoms with van der Waals surface area (Å²) in [6.45, 7) is 0. The largest absolute Gasteiger partial charge is 0.465 e. The number of benzene rings is 1. The number of rotatable bonds is 6. The smallest absolute Gasteiger partial charge is 0.338 e. The third kappa shape index (κ3) is 3.76. The van der Waals surface area contributed by atoms with E-state index in [1.165, 1.54) is 6.07 Å². The fraction of sp³-hybridized carbons (Fsp3) is 0.0909. The Balaban J connectivity index is 3.60. The van der Waals surface area contributed by atoms with Crippen molar-refractivity contribution in [3.63, 3.8) is 0 Å². The van der Waals surface area contributed by atoms with Gasteiger partial charge in [-0.3, -0.25) is 31.1 Å². The molecule has 0 aromatic heterocycles. The highest BCUT2D eigenvalue weighted by Gasteiger charge is 2.29. The Labute approximate surface area is 133 Å². The van der Waals surface area contributed by atoms with Crippen molar-refractivity contribution in [2.45, 2.75) is 0 Å². The number of nitrogens with zero attached hydrogens (tertiary/aromatic N) is 4. The third-order valence-corrected chi connectivity index (χ3v) is 2.55. The van der Waals surface area contributed by atoms with Crippen LogP contribution in [0.2, 0.25) is 0 Å². The van der Waals surface area contributed by atoms with E-state index in [2.05, 4.69) is 9.84 Å². The van der Waals surface area contributed by atoms with E-state index >= 15 is 0 Å². The number of nitro groups is 2. The van der Waals surface area contributed by atoms with Gasteiger partial charge in [0, 0.05) is 12.1 Å². The average Bonchev–Trinajstić information content (AvgIpc) is 2.53. The standard InChI is InChI=1S/C11H9N7O6/c1-24-11(19)5-2-7(17(20)21)9(8(3-5)18(22)23)16-15-6(4-12)10(13)14/h2-3,16H,1H3,(H3,13,14)/b15-6+. The first-order valence-corrected chi connectivity index (χ1v) is 5.86. The SMILES string of the molecule is COC(=O)c1cc([N+](=O)[O-])c(N/N=C(\C#N)C(=N)N)c([N+](=O)[O-])c1. The molecule has 1 aromatic carbocycles. The van der Waals surface area contributed by atoms with E-state index in [1.807, 2.05) is 5.43 Å². The molecule has 4 N–H and O–H groups in total. The molecule has 0 heterocycles. The Morgan fingerprint density at radius 3 is 2.21 bits per heavy atom. The summed E-state index contributed by atoms with van der Waals surface area (Å²) in [7, 11) is 1.00. The van der Waals surface area contributed by atoms with Gasteiger partial charge in [-0.05, 0) is 0 Å². The topological polar surface area (TPSA) is 211 Å². The second-order valence-electron chi connectivity index (χ2n) is 3.99. The predicted molar refractivity (Wildman–Crippen MR) is 79.7 cm³/mol. The molecule has 0 aliphatic heterocycles. The number of carbonyl (C=O) groups excluding carboxylic acids is 1. The van der Waals surface area contributed by atoms with Crippen LogP contribution in [0.4, 0.5) is 17.1 Å². The quantitative estimate of drug-likeness (QED) is 0.217. The van der Waals surface area contributed by atoms with Crippen LogP contribution in [-0.2, 0) is 4.74 Å². The maximum Gasteiger partial charge on any atom is 0.338 e. The van der Waals surface area contributed by atoms with Gasteiger partial charge in [-0.2, -0.15) is 10.4 Å². The number of nitriles is 1. The van der Waals surface area contributed by atoms with Gasteiger partial charge in [0.15, 0.2) is 5.84 Å². The van der Waals surface area contributed by atoms with Crippen molar-refractivity contribution >= 4 is 34.6 Å². The second-order valence-corrected chi connectivity index (χ2v) is 3.99. The number of nitrogens with two attached hydrogens (primary N) is 1. The summed E-state index contributed by atoms with van der Waals surface area (Å²) < 4.78 is 4.37. The molecule has 0 aliphatic rings. The molecule has 0 amide bonds. The van der Waals surface area contributed by atoms with Crippen molar-refractivity contribution < 1.29 is 19.4 Å². The number of hydrogen-bond acceptors (Lipinski definition) is 10. The Hall–Kier alpha value is -4.08. The first-order valence-electron chi connectivity index (χ1n) is 5.86. The normalized spacial score (nSPS) is 10.4. The van der Waals surface area contributed by atoms with Crippen LogP contribution in [0.5, 0.6) is 0 Å². The number of methoxy groups -OCH3 is 1. The van der Waals surface area contributed by atoms with E-state index in [9.17, 15) is 25.0 Å². The van der Waals surface area contributed by atoms with E-state index in [4.69, 9.17) is 16.4 Å². The van der Waals surface area contributed by atoms with Crippen molar-refractivity contribution in [3.8, 4) is 6.07 Å². The van der Waals surface area contributed by atoms with Gasteiger partial charge in [0.05, 0.1) is 22.5 Å². The molecule has 0 saturated carbocycles. The first-order chi connectivity index (χ1) is 11.2. The molecule has 0 bridgehead atoms. The van der Waals surface area contributed by atoms with Crippen LogP contribution in [0.3, 0.4) is 0 Å². The van der Waals surface area contributed by atoms with Crippen molar-refractivity contribution in [1.82, 2.24) is 0 Å². The molecule has 1 rings (SSSR count). The number of esters is 1. The molecule has 0 radical (unpaired) electrons. The van der Waals surface area contributed by atoms with Crippen LogP contribution in [0, 0.1) is 37.0 Å². The number of amidine groups is 1. The lowest BCUT2D eigenvalue weighted by atomic mass is 10.1. The maximum absolute atomic E-state index is 11.5. The van der Waals surface area contributed by atoms with E-state index in [0.29, 0.717) is 0 Å². The minimum atomic E-state index is -1.02. The lowest BCUT2D eigenvalue weighted by Gasteiger charge is -2.06. The van der Waals surface area contributed by atoms with Gasteiger partial charge in [-0.1, -0.05) is 0 Å². The Kier molecular flexibility index (Phi) is 5.44. The number of nitro benzene ring substituents is 2. The number of ether oxygens (including phenoxy) is 1. The molecule has 124 valence electrons. The van der Waals surface area contributed by atoms with Crippen LogP contribution >= 0.6 is 0 Å². The molecule has 0 fully saturated rings. The molecular weight excluding hydrogens is 326 g/mol.